The number of aromatic nitrogens is 1. The molecule has 0 aliphatic carbocycles. The molecule has 1 atom stereocenters. The molecular formula is C31H36ClN3O4S. The van der Waals surface area contributed by atoms with Crippen LogP contribution >= 0.6 is 22.9 Å². The molecule has 2 fully saturated rings. The molecule has 2 aliphatic heterocycles. The predicted octanol–water partition coefficient (Wildman–Crippen LogP) is 6.55. The van der Waals surface area contributed by atoms with Crippen LogP contribution < -0.4 is 4.90 Å². The highest BCUT2D eigenvalue weighted by Gasteiger charge is 2.28. The van der Waals surface area contributed by atoms with Gasteiger partial charge in [0.25, 0.3) is 5.91 Å². The SMILES string of the molecule is CC(C)(C)OC(=O)CC1CCCN(C(=O)c2ccc(-c3csc(-c4ccnc(N5CCOCC5)c4)c3)c(Cl)c2)C1. The summed E-state index contributed by atoms with van der Waals surface area (Å²) < 4.78 is 11.0. The molecule has 0 spiro atoms. The largest absolute Gasteiger partial charge is 0.460 e. The van der Waals surface area contributed by atoms with Crippen LogP contribution in [0.2, 0.25) is 5.02 Å². The van der Waals surface area contributed by atoms with Crippen molar-refractivity contribution in [2.45, 2.75) is 45.6 Å². The van der Waals surface area contributed by atoms with E-state index in [0.717, 1.165) is 66.5 Å². The molecule has 1 unspecified atom stereocenters. The quantitative estimate of drug-likeness (QED) is 0.307. The first-order chi connectivity index (χ1) is 19.2. The van der Waals surface area contributed by atoms with Gasteiger partial charge in [-0.15, -0.1) is 11.3 Å². The second kappa shape index (κ2) is 12.3. The van der Waals surface area contributed by atoms with Crippen LogP contribution in [-0.2, 0) is 14.3 Å². The number of ether oxygens (including phenoxy) is 2. The van der Waals surface area contributed by atoms with Crippen molar-refractivity contribution in [2.75, 3.05) is 44.3 Å². The number of benzene rings is 1. The van der Waals surface area contributed by atoms with Crippen LogP contribution in [0.25, 0.3) is 21.6 Å². The first kappa shape index (κ1) is 28.6. The maximum atomic E-state index is 13.3. The van der Waals surface area contributed by atoms with Gasteiger partial charge >= 0.3 is 5.97 Å². The first-order valence-corrected chi connectivity index (χ1v) is 15.1. The lowest BCUT2D eigenvalue weighted by molar-refractivity contribution is -0.156. The number of halogens is 1. The molecule has 0 radical (unpaired) electrons. The molecule has 40 heavy (non-hydrogen) atoms. The Hall–Kier alpha value is -2.94. The number of likely N-dealkylation sites (tertiary alicyclic amines) is 1. The fourth-order valence-corrected chi connectivity index (χ4v) is 6.46. The van der Waals surface area contributed by atoms with E-state index in [0.29, 0.717) is 30.1 Å². The Morgan fingerprint density at radius 2 is 1.90 bits per heavy atom. The Morgan fingerprint density at radius 1 is 1.10 bits per heavy atom. The van der Waals surface area contributed by atoms with Crippen LogP contribution in [0.1, 0.15) is 50.4 Å². The smallest absolute Gasteiger partial charge is 0.306 e. The third kappa shape index (κ3) is 7.03. The van der Waals surface area contributed by atoms with Gasteiger partial charge in [-0.25, -0.2) is 4.98 Å². The Morgan fingerprint density at radius 3 is 2.65 bits per heavy atom. The fraction of sp³-hybridized carbons (Fsp3) is 0.452. The van der Waals surface area contributed by atoms with E-state index in [1.807, 2.05) is 50.1 Å². The zero-order valence-corrected chi connectivity index (χ0v) is 24.9. The van der Waals surface area contributed by atoms with Crippen molar-refractivity contribution in [1.82, 2.24) is 9.88 Å². The maximum Gasteiger partial charge on any atom is 0.306 e. The standard InChI is InChI=1S/C31H36ClN3O4S/c1-31(2,3)39-29(36)15-21-5-4-10-35(19-21)30(37)23-6-7-25(26(32)16-23)24-17-27(40-20-24)22-8-9-33-28(18-22)34-11-13-38-14-12-34/h6-9,16-18,20-21H,4-5,10-15,19H2,1-3H3. The van der Waals surface area contributed by atoms with Crippen LogP contribution in [0, 0.1) is 5.92 Å². The van der Waals surface area contributed by atoms with E-state index in [1.165, 1.54) is 0 Å². The van der Waals surface area contributed by atoms with Crippen LogP contribution in [0.15, 0.2) is 48.0 Å². The first-order valence-electron chi connectivity index (χ1n) is 13.8. The summed E-state index contributed by atoms with van der Waals surface area (Å²) in [6.07, 6.45) is 3.96. The Bertz CT molecular complexity index is 1360. The van der Waals surface area contributed by atoms with E-state index in [4.69, 9.17) is 21.1 Å². The van der Waals surface area contributed by atoms with E-state index in [2.05, 4.69) is 27.4 Å². The van der Waals surface area contributed by atoms with Gasteiger partial charge in [0.15, 0.2) is 0 Å². The third-order valence-electron chi connectivity index (χ3n) is 7.17. The molecule has 0 N–H and O–H groups in total. The monoisotopic (exact) mass is 581 g/mol. The van der Waals surface area contributed by atoms with Crippen LogP contribution in [-0.4, -0.2) is 66.8 Å². The molecular weight excluding hydrogens is 546 g/mol. The molecule has 7 nitrogen and oxygen atoms in total. The molecule has 1 amide bonds. The number of nitrogens with zero attached hydrogens (tertiary/aromatic N) is 3. The van der Waals surface area contributed by atoms with Crippen LogP contribution in [0.5, 0.6) is 0 Å². The van der Waals surface area contributed by atoms with E-state index in [1.54, 1.807) is 17.4 Å². The molecule has 2 aromatic heterocycles. The minimum atomic E-state index is -0.507. The Labute approximate surface area is 245 Å². The van der Waals surface area contributed by atoms with Crippen molar-refractivity contribution in [3.05, 3.63) is 58.6 Å². The van der Waals surface area contributed by atoms with E-state index in [-0.39, 0.29) is 17.8 Å². The number of pyridine rings is 1. The number of anilines is 1. The van der Waals surface area contributed by atoms with Gasteiger partial charge in [0.05, 0.1) is 19.6 Å². The number of morpholine rings is 1. The lowest BCUT2D eigenvalue weighted by Gasteiger charge is -2.33. The summed E-state index contributed by atoms with van der Waals surface area (Å²) >= 11 is 8.39. The van der Waals surface area contributed by atoms with Gasteiger partial charge in [0.2, 0.25) is 0 Å². The molecule has 3 aromatic rings. The summed E-state index contributed by atoms with van der Waals surface area (Å²) in [5.74, 6) is 0.797. The average Bonchev–Trinajstić information content (AvgIpc) is 3.42. The van der Waals surface area contributed by atoms with E-state index < -0.39 is 5.60 Å². The molecule has 2 aliphatic rings. The Kier molecular flexibility index (Phi) is 8.78. The number of hydrogen-bond donors (Lipinski definition) is 0. The van der Waals surface area contributed by atoms with Gasteiger partial charge in [0, 0.05) is 53.4 Å². The van der Waals surface area contributed by atoms with E-state index >= 15 is 0 Å². The summed E-state index contributed by atoms with van der Waals surface area (Å²) in [6, 6.07) is 11.8. The fourth-order valence-electron chi connectivity index (χ4n) is 5.27. The summed E-state index contributed by atoms with van der Waals surface area (Å²) in [5, 5.41) is 2.64. The van der Waals surface area contributed by atoms with Gasteiger partial charge in [0.1, 0.15) is 11.4 Å². The molecule has 212 valence electrons. The highest BCUT2D eigenvalue weighted by molar-refractivity contribution is 7.14. The molecule has 1 aromatic carbocycles. The average molecular weight is 582 g/mol. The number of carbonyl (C=O) groups excluding carboxylic acids is 2. The van der Waals surface area contributed by atoms with Crippen LogP contribution in [0.4, 0.5) is 5.82 Å². The number of amides is 1. The zero-order valence-electron chi connectivity index (χ0n) is 23.3. The van der Waals surface area contributed by atoms with Gasteiger partial charge in [-0.1, -0.05) is 17.7 Å². The van der Waals surface area contributed by atoms with Crippen molar-refractivity contribution in [1.29, 1.82) is 0 Å². The second-order valence-corrected chi connectivity index (χ2v) is 12.8. The van der Waals surface area contributed by atoms with Crippen molar-refractivity contribution < 1.29 is 19.1 Å². The summed E-state index contributed by atoms with van der Waals surface area (Å²) in [4.78, 5) is 35.4. The summed E-state index contributed by atoms with van der Waals surface area (Å²) in [7, 11) is 0. The Balaban J connectivity index is 1.26. The van der Waals surface area contributed by atoms with E-state index in [9.17, 15) is 9.59 Å². The highest BCUT2D eigenvalue weighted by atomic mass is 35.5. The molecule has 9 heteroatoms. The topological polar surface area (TPSA) is 72.0 Å². The number of rotatable bonds is 6. The molecule has 5 rings (SSSR count). The number of thiophene rings is 1. The predicted molar refractivity (Wildman–Crippen MR) is 160 cm³/mol. The van der Waals surface area contributed by atoms with Gasteiger partial charge in [-0.2, -0.15) is 0 Å². The van der Waals surface area contributed by atoms with Crippen molar-refractivity contribution >= 4 is 40.6 Å². The normalized spacial score (nSPS) is 18.1. The summed E-state index contributed by atoms with van der Waals surface area (Å²) in [5.41, 5.74) is 3.08. The molecule has 0 bridgehead atoms. The zero-order chi connectivity index (χ0) is 28.3. The lowest BCUT2D eigenvalue weighted by Crippen LogP contribution is -2.41. The van der Waals surface area contributed by atoms with Crippen LogP contribution in [0.3, 0.4) is 0 Å². The maximum absolute atomic E-state index is 13.3. The van der Waals surface area contributed by atoms with Crippen molar-refractivity contribution in [3.8, 4) is 21.6 Å². The molecule has 0 saturated carbocycles. The summed E-state index contributed by atoms with van der Waals surface area (Å²) in [6.45, 7) is 9.95. The number of hydrogen-bond acceptors (Lipinski definition) is 7. The molecule has 2 saturated heterocycles. The van der Waals surface area contributed by atoms with Crippen molar-refractivity contribution in [2.24, 2.45) is 5.92 Å². The number of carbonyl (C=O) groups is 2. The lowest BCUT2D eigenvalue weighted by atomic mass is 9.94. The van der Waals surface area contributed by atoms with Crippen molar-refractivity contribution in [3.63, 3.8) is 0 Å². The minimum Gasteiger partial charge on any atom is -0.460 e. The number of piperidine rings is 1. The van der Waals surface area contributed by atoms with Gasteiger partial charge in [-0.05, 0) is 86.4 Å². The highest BCUT2D eigenvalue weighted by Crippen LogP contribution is 2.37. The van der Waals surface area contributed by atoms with Gasteiger partial charge < -0.3 is 19.3 Å². The number of esters is 1. The second-order valence-electron chi connectivity index (χ2n) is 11.4. The van der Waals surface area contributed by atoms with Gasteiger partial charge in [-0.3, -0.25) is 9.59 Å². The molecule has 4 heterocycles. The minimum absolute atomic E-state index is 0.0548. The third-order valence-corrected chi connectivity index (χ3v) is 8.47.